The van der Waals surface area contributed by atoms with Gasteiger partial charge in [0.05, 0.1) is 6.10 Å². The van der Waals surface area contributed by atoms with E-state index in [0.29, 0.717) is 0 Å². The zero-order valence-corrected chi connectivity index (χ0v) is 16.6. The molecule has 0 aliphatic rings. The molecule has 0 spiro atoms. The third-order valence-electron chi connectivity index (χ3n) is 4.32. The fourth-order valence-electron chi connectivity index (χ4n) is 2.97. The smallest absolute Gasteiger partial charge is 0.267 e. The second kappa shape index (κ2) is 15.1. The van der Waals surface area contributed by atoms with Crippen LogP contribution in [0.2, 0.25) is 0 Å². The normalized spacial score (nSPS) is 13.5. The van der Waals surface area contributed by atoms with Crippen molar-refractivity contribution in [3.8, 4) is 0 Å². The van der Waals surface area contributed by atoms with Crippen molar-refractivity contribution < 1.29 is 18.1 Å². The van der Waals surface area contributed by atoms with E-state index in [1.165, 1.54) is 70.6 Å². The number of nitrogens with zero attached hydrogens (tertiary/aromatic N) is 1. The van der Waals surface area contributed by atoms with Crippen LogP contribution >= 0.6 is 0 Å². The van der Waals surface area contributed by atoms with Crippen molar-refractivity contribution >= 4 is 10.1 Å². The molecule has 5 nitrogen and oxygen atoms in total. The maximum absolute atomic E-state index is 10.7. The molecular weight excluding hydrogens is 326 g/mol. The highest BCUT2D eigenvalue weighted by atomic mass is 32.2. The summed E-state index contributed by atoms with van der Waals surface area (Å²) in [7, 11) is -2.23. The Morgan fingerprint density at radius 2 is 1.25 bits per heavy atom. The number of rotatable bonds is 17. The van der Waals surface area contributed by atoms with Crippen LogP contribution in [-0.4, -0.2) is 55.0 Å². The molecule has 0 aliphatic heterocycles. The van der Waals surface area contributed by atoms with Crippen molar-refractivity contribution in [2.24, 2.45) is 0 Å². The summed E-state index contributed by atoms with van der Waals surface area (Å²) < 4.78 is 30.0. The molecule has 0 rings (SSSR count). The molecule has 6 heteroatoms. The minimum atomic E-state index is -4.09. The highest BCUT2D eigenvalue weighted by molar-refractivity contribution is 7.85. The predicted molar refractivity (Wildman–Crippen MR) is 101 cm³/mol. The van der Waals surface area contributed by atoms with Gasteiger partial charge in [-0.2, -0.15) is 8.42 Å². The molecule has 0 aromatic rings. The standard InChI is InChI=1S/C18H39NO4S/c1-3-4-5-6-7-8-9-10-11-12-13-14-15-19(2)16-18(20)17-24(21,22)23/h18,20H,3-17H2,1-2H3,(H,21,22,23). The van der Waals surface area contributed by atoms with E-state index < -0.39 is 22.0 Å². The molecule has 1 unspecified atom stereocenters. The molecule has 146 valence electrons. The van der Waals surface area contributed by atoms with Gasteiger partial charge in [0.15, 0.2) is 0 Å². The predicted octanol–water partition coefficient (Wildman–Crippen LogP) is 3.87. The van der Waals surface area contributed by atoms with Crippen molar-refractivity contribution in [1.82, 2.24) is 4.90 Å². The minimum absolute atomic E-state index is 0.276. The highest BCUT2D eigenvalue weighted by Gasteiger charge is 2.15. The molecule has 1 atom stereocenters. The Labute approximate surface area is 149 Å². The summed E-state index contributed by atoms with van der Waals surface area (Å²) in [6.07, 6.45) is 14.7. The second-order valence-corrected chi connectivity index (χ2v) is 8.55. The topological polar surface area (TPSA) is 77.8 Å². The van der Waals surface area contributed by atoms with Crippen LogP contribution < -0.4 is 0 Å². The zero-order valence-electron chi connectivity index (χ0n) is 15.8. The summed E-state index contributed by atoms with van der Waals surface area (Å²) >= 11 is 0. The number of aliphatic hydroxyl groups is 1. The SMILES string of the molecule is CCCCCCCCCCCCCCN(C)CC(O)CS(=O)(=O)O. The van der Waals surface area contributed by atoms with Crippen LogP contribution in [0.3, 0.4) is 0 Å². The first-order valence-corrected chi connectivity index (χ1v) is 11.3. The maximum atomic E-state index is 10.7. The second-order valence-electron chi connectivity index (χ2n) is 7.05. The lowest BCUT2D eigenvalue weighted by Gasteiger charge is -2.19. The number of aliphatic hydroxyl groups excluding tert-OH is 1. The van der Waals surface area contributed by atoms with Gasteiger partial charge in [0, 0.05) is 6.54 Å². The zero-order chi connectivity index (χ0) is 18.3. The molecule has 0 aromatic heterocycles. The maximum Gasteiger partial charge on any atom is 0.267 e. The van der Waals surface area contributed by atoms with Gasteiger partial charge in [0.25, 0.3) is 10.1 Å². The van der Waals surface area contributed by atoms with Crippen LogP contribution in [0.25, 0.3) is 0 Å². The van der Waals surface area contributed by atoms with Crippen molar-refractivity contribution in [3.63, 3.8) is 0 Å². The molecule has 2 N–H and O–H groups in total. The Kier molecular flexibility index (Phi) is 15.0. The molecular formula is C18H39NO4S. The number of unbranched alkanes of at least 4 members (excludes halogenated alkanes) is 11. The van der Waals surface area contributed by atoms with Crippen LogP contribution in [0, 0.1) is 0 Å². The fourth-order valence-corrected chi connectivity index (χ4v) is 3.56. The summed E-state index contributed by atoms with van der Waals surface area (Å²) in [5.41, 5.74) is 0. The first-order chi connectivity index (χ1) is 11.3. The Bertz CT molecular complexity index is 373. The van der Waals surface area contributed by atoms with E-state index in [-0.39, 0.29) is 6.54 Å². The van der Waals surface area contributed by atoms with E-state index in [1.807, 2.05) is 11.9 Å². The summed E-state index contributed by atoms with van der Waals surface area (Å²) in [6.45, 7) is 3.37. The van der Waals surface area contributed by atoms with E-state index in [1.54, 1.807) is 0 Å². The van der Waals surface area contributed by atoms with E-state index in [0.717, 1.165) is 13.0 Å². The fraction of sp³-hybridized carbons (Fsp3) is 1.00. The van der Waals surface area contributed by atoms with Gasteiger partial charge < -0.3 is 10.0 Å². The monoisotopic (exact) mass is 365 g/mol. The van der Waals surface area contributed by atoms with Gasteiger partial charge in [-0.25, -0.2) is 0 Å². The molecule has 0 aromatic carbocycles. The lowest BCUT2D eigenvalue weighted by atomic mass is 10.1. The number of likely N-dealkylation sites (N-methyl/N-ethyl adjacent to an activating group) is 1. The van der Waals surface area contributed by atoms with Gasteiger partial charge in [-0.05, 0) is 20.0 Å². The van der Waals surface area contributed by atoms with Gasteiger partial charge in [-0.1, -0.05) is 77.6 Å². The molecule has 0 radical (unpaired) electrons. The Hall–Kier alpha value is -0.170. The molecule has 0 heterocycles. The van der Waals surface area contributed by atoms with E-state index in [2.05, 4.69) is 6.92 Å². The quantitative estimate of drug-likeness (QED) is 0.302. The third kappa shape index (κ3) is 18.2. The summed E-state index contributed by atoms with van der Waals surface area (Å²) in [5.74, 6) is -0.588. The highest BCUT2D eigenvalue weighted by Crippen LogP contribution is 2.12. The average Bonchev–Trinajstić information content (AvgIpc) is 2.46. The first-order valence-electron chi connectivity index (χ1n) is 9.67. The van der Waals surface area contributed by atoms with E-state index >= 15 is 0 Å². The summed E-state index contributed by atoms with van der Waals surface area (Å²) in [4.78, 5) is 1.92. The molecule has 0 saturated heterocycles. The number of hydrogen-bond acceptors (Lipinski definition) is 4. The summed E-state index contributed by atoms with van der Waals surface area (Å²) in [5, 5.41) is 9.57. The van der Waals surface area contributed by atoms with Crippen molar-refractivity contribution in [2.75, 3.05) is 25.9 Å². The van der Waals surface area contributed by atoms with Gasteiger partial charge in [0.1, 0.15) is 5.75 Å². The third-order valence-corrected chi connectivity index (χ3v) is 5.12. The molecule has 0 saturated carbocycles. The van der Waals surface area contributed by atoms with Gasteiger partial charge in [-0.15, -0.1) is 0 Å². The summed E-state index contributed by atoms with van der Waals surface area (Å²) in [6, 6.07) is 0. The Balaban J connectivity index is 3.34. The van der Waals surface area contributed by atoms with Gasteiger partial charge in [-0.3, -0.25) is 4.55 Å². The van der Waals surface area contributed by atoms with Crippen LogP contribution in [0.1, 0.15) is 84.0 Å². The largest absolute Gasteiger partial charge is 0.391 e. The molecule has 0 bridgehead atoms. The molecule has 0 aliphatic carbocycles. The average molecular weight is 366 g/mol. The van der Waals surface area contributed by atoms with Crippen LogP contribution in [0.15, 0.2) is 0 Å². The molecule has 0 amide bonds. The number of hydrogen-bond donors (Lipinski definition) is 2. The van der Waals surface area contributed by atoms with Crippen LogP contribution in [0.4, 0.5) is 0 Å². The Morgan fingerprint density at radius 3 is 1.67 bits per heavy atom. The lowest BCUT2D eigenvalue weighted by molar-refractivity contribution is 0.141. The molecule has 24 heavy (non-hydrogen) atoms. The van der Waals surface area contributed by atoms with Crippen LogP contribution in [-0.2, 0) is 10.1 Å². The van der Waals surface area contributed by atoms with E-state index in [4.69, 9.17) is 4.55 Å². The Morgan fingerprint density at radius 1 is 0.833 bits per heavy atom. The van der Waals surface area contributed by atoms with Crippen LogP contribution in [0.5, 0.6) is 0 Å². The lowest BCUT2D eigenvalue weighted by Crippen LogP contribution is -2.34. The first kappa shape index (κ1) is 23.8. The minimum Gasteiger partial charge on any atom is -0.391 e. The van der Waals surface area contributed by atoms with E-state index in [9.17, 15) is 13.5 Å². The van der Waals surface area contributed by atoms with Gasteiger partial charge >= 0.3 is 0 Å². The van der Waals surface area contributed by atoms with Gasteiger partial charge in [0.2, 0.25) is 0 Å². The van der Waals surface area contributed by atoms with Crippen molar-refractivity contribution in [3.05, 3.63) is 0 Å². The van der Waals surface area contributed by atoms with Crippen molar-refractivity contribution in [2.45, 2.75) is 90.1 Å². The molecule has 0 fully saturated rings. The van der Waals surface area contributed by atoms with Crippen molar-refractivity contribution in [1.29, 1.82) is 0 Å².